The van der Waals surface area contributed by atoms with Crippen LogP contribution in [-0.2, 0) is 7.05 Å². The maximum Gasteiger partial charge on any atom is 0.212 e. The van der Waals surface area contributed by atoms with Crippen LogP contribution in [0.4, 0.5) is 8.78 Å². The van der Waals surface area contributed by atoms with Gasteiger partial charge in [-0.1, -0.05) is 0 Å². The van der Waals surface area contributed by atoms with Gasteiger partial charge in [-0.25, -0.2) is 13.3 Å². The van der Waals surface area contributed by atoms with Crippen molar-refractivity contribution >= 4 is 0 Å². The summed E-state index contributed by atoms with van der Waals surface area (Å²) in [5, 5.41) is 0. The quantitative estimate of drug-likeness (QED) is 0.631. The first kappa shape index (κ1) is 9.77. The third-order valence-corrected chi connectivity index (χ3v) is 2.27. The van der Waals surface area contributed by atoms with Crippen LogP contribution in [-0.4, -0.2) is 0 Å². The lowest BCUT2D eigenvalue weighted by molar-refractivity contribution is -0.660. The van der Waals surface area contributed by atoms with Crippen LogP contribution < -0.4 is 4.57 Å². The highest BCUT2D eigenvalue weighted by molar-refractivity contribution is 5.55. The Morgan fingerprint density at radius 1 is 1.00 bits per heavy atom. The van der Waals surface area contributed by atoms with Crippen molar-refractivity contribution in [1.82, 2.24) is 0 Å². The molecule has 0 amide bonds. The van der Waals surface area contributed by atoms with E-state index in [1.807, 2.05) is 36.0 Å². The molecule has 0 fully saturated rings. The first-order valence-corrected chi connectivity index (χ1v) is 4.58. The Labute approximate surface area is 86.6 Å². The van der Waals surface area contributed by atoms with Gasteiger partial charge in [-0.3, -0.25) is 0 Å². The number of benzene rings is 1. The Kier molecular flexibility index (Phi) is 2.46. The van der Waals surface area contributed by atoms with Crippen LogP contribution in [0.25, 0.3) is 11.3 Å². The predicted molar refractivity (Wildman–Crippen MR) is 53.0 cm³/mol. The molecule has 0 aliphatic heterocycles. The zero-order chi connectivity index (χ0) is 10.8. The average molecular weight is 206 g/mol. The molecule has 0 unspecified atom stereocenters. The van der Waals surface area contributed by atoms with Crippen molar-refractivity contribution in [3.05, 3.63) is 54.2 Å². The van der Waals surface area contributed by atoms with Crippen molar-refractivity contribution in [2.75, 3.05) is 0 Å². The summed E-state index contributed by atoms with van der Waals surface area (Å²) >= 11 is 0. The normalized spacial score (nSPS) is 10.3. The van der Waals surface area contributed by atoms with Gasteiger partial charge in [0.1, 0.15) is 7.05 Å². The smallest absolute Gasteiger partial charge is 0.204 e. The summed E-state index contributed by atoms with van der Waals surface area (Å²) in [6.45, 7) is 0. The van der Waals surface area contributed by atoms with E-state index in [0.717, 1.165) is 11.8 Å². The van der Waals surface area contributed by atoms with Gasteiger partial charge in [-0.05, 0) is 24.3 Å². The third-order valence-electron chi connectivity index (χ3n) is 2.27. The molecular formula is C12H10F2N+. The molecule has 3 heteroatoms. The second kappa shape index (κ2) is 3.77. The number of halogens is 2. The molecule has 0 radical (unpaired) electrons. The van der Waals surface area contributed by atoms with E-state index in [4.69, 9.17) is 0 Å². The minimum absolute atomic E-state index is 0.664. The number of hydrogen-bond acceptors (Lipinski definition) is 0. The zero-order valence-electron chi connectivity index (χ0n) is 8.24. The van der Waals surface area contributed by atoms with Gasteiger partial charge in [-0.15, -0.1) is 0 Å². The molecule has 0 aliphatic carbocycles. The zero-order valence-corrected chi connectivity index (χ0v) is 8.24. The molecule has 0 saturated carbocycles. The maximum absolute atomic E-state index is 13.0. The predicted octanol–water partition coefficient (Wildman–Crippen LogP) is 2.46. The minimum atomic E-state index is -0.823. The fraction of sp³-hybridized carbons (Fsp3) is 0.0833. The van der Waals surface area contributed by atoms with E-state index in [1.54, 1.807) is 6.07 Å². The molecule has 0 atom stereocenters. The molecule has 1 heterocycles. The van der Waals surface area contributed by atoms with Crippen LogP contribution in [0.5, 0.6) is 0 Å². The Morgan fingerprint density at radius 3 is 2.47 bits per heavy atom. The number of nitrogens with zero attached hydrogens (tertiary/aromatic N) is 1. The van der Waals surface area contributed by atoms with E-state index in [-0.39, 0.29) is 0 Å². The van der Waals surface area contributed by atoms with Crippen LogP contribution >= 0.6 is 0 Å². The highest BCUT2D eigenvalue weighted by Gasteiger charge is 2.10. The Hall–Kier alpha value is -1.77. The Morgan fingerprint density at radius 2 is 1.80 bits per heavy atom. The summed E-state index contributed by atoms with van der Waals surface area (Å²) in [5.74, 6) is -1.64. The van der Waals surface area contributed by atoms with Crippen LogP contribution in [0.1, 0.15) is 0 Å². The van der Waals surface area contributed by atoms with E-state index in [2.05, 4.69) is 0 Å². The first-order chi connectivity index (χ1) is 7.18. The molecular weight excluding hydrogens is 196 g/mol. The van der Waals surface area contributed by atoms with Crippen LogP contribution in [0, 0.1) is 11.6 Å². The van der Waals surface area contributed by atoms with Crippen LogP contribution in [0.3, 0.4) is 0 Å². The number of pyridine rings is 1. The van der Waals surface area contributed by atoms with E-state index in [0.29, 0.717) is 5.56 Å². The molecule has 15 heavy (non-hydrogen) atoms. The molecule has 76 valence electrons. The maximum atomic E-state index is 13.0. The first-order valence-electron chi connectivity index (χ1n) is 4.58. The molecule has 1 aromatic carbocycles. The van der Waals surface area contributed by atoms with Crippen molar-refractivity contribution in [2.24, 2.45) is 7.05 Å². The van der Waals surface area contributed by atoms with E-state index < -0.39 is 11.6 Å². The van der Waals surface area contributed by atoms with Gasteiger partial charge in [-0.2, -0.15) is 0 Å². The standard InChI is InChI=1S/C12H10F2N/c1-15-7-3-2-4-12(15)9-5-6-10(13)11(14)8-9/h2-8H,1H3/q+1. The Balaban J connectivity index is 2.55. The van der Waals surface area contributed by atoms with Gasteiger partial charge >= 0.3 is 0 Å². The summed E-state index contributed by atoms with van der Waals surface area (Å²) in [5.41, 5.74) is 1.51. The van der Waals surface area contributed by atoms with Crippen molar-refractivity contribution in [3.8, 4) is 11.3 Å². The fourth-order valence-electron chi connectivity index (χ4n) is 1.48. The second-order valence-electron chi connectivity index (χ2n) is 3.33. The second-order valence-corrected chi connectivity index (χ2v) is 3.33. The van der Waals surface area contributed by atoms with E-state index in [1.165, 1.54) is 6.07 Å². The lowest BCUT2D eigenvalue weighted by atomic mass is 10.1. The summed E-state index contributed by atoms with van der Waals surface area (Å²) in [7, 11) is 1.86. The minimum Gasteiger partial charge on any atom is -0.204 e. The van der Waals surface area contributed by atoms with Gasteiger partial charge in [0.15, 0.2) is 17.8 Å². The van der Waals surface area contributed by atoms with E-state index in [9.17, 15) is 8.78 Å². The number of rotatable bonds is 1. The number of aryl methyl sites for hydroxylation is 1. The van der Waals surface area contributed by atoms with Gasteiger partial charge < -0.3 is 0 Å². The monoisotopic (exact) mass is 206 g/mol. The lowest BCUT2D eigenvalue weighted by Crippen LogP contribution is -2.29. The number of hydrogen-bond donors (Lipinski definition) is 0. The third kappa shape index (κ3) is 1.86. The van der Waals surface area contributed by atoms with Gasteiger partial charge in [0.25, 0.3) is 0 Å². The fourth-order valence-corrected chi connectivity index (χ4v) is 1.48. The molecule has 2 rings (SSSR count). The van der Waals surface area contributed by atoms with Crippen LogP contribution in [0.15, 0.2) is 42.6 Å². The van der Waals surface area contributed by atoms with Crippen molar-refractivity contribution in [1.29, 1.82) is 0 Å². The summed E-state index contributed by atoms with van der Waals surface area (Å²) in [4.78, 5) is 0. The highest BCUT2D eigenvalue weighted by atomic mass is 19.2. The van der Waals surface area contributed by atoms with Gasteiger partial charge in [0.05, 0.1) is 0 Å². The molecule has 1 aromatic heterocycles. The van der Waals surface area contributed by atoms with Crippen molar-refractivity contribution in [3.63, 3.8) is 0 Å². The molecule has 1 nitrogen and oxygen atoms in total. The largest absolute Gasteiger partial charge is 0.212 e. The summed E-state index contributed by atoms with van der Waals surface area (Å²) < 4.78 is 27.6. The highest BCUT2D eigenvalue weighted by Crippen LogP contribution is 2.17. The SMILES string of the molecule is C[n+]1ccccc1-c1ccc(F)c(F)c1. The Bertz CT molecular complexity index is 495. The van der Waals surface area contributed by atoms with Gasteiger partial charge in [0, 0.05) is 17.7 Å². The topological polar surface area (TPSA) is 3.88 Å². The van der Waals surface area contributed by atoms with Crippen molar-refractivity contribution in [2.45, 2.75) is 0 Å². The molecule has 0 saturated heterocycles. The summed E-state index contributed by atoms with van der Waals surface area (Å²) in [6.07, 6.45) is 1.86. The molecule has 0 bridgehead atoms. The summed E-state index contributed by atoms with van der Waals surface area (Å²) in [6, 6.07) is 9.49. The molecule has 2 aromatic rings. The molecule has 0 N–H and O–H groups in total. The molecule has 0 aliphatic rings. The van der Waals surface area contributed by atoms with Gasteiger partial charge in [0.2, 0.25) is 5.69 Å². The van der Waals surface area contributed by atoms with E-state index >= 15 is 0 Å². The van der Waals surface area contributed by atoms with Crippen LogP contribution in [0.2, 0.25) is 0 Å². The number of aromatic nitrogens is 1. The molecule has 0 spiro atoms. The van der Waals surface area contributed by atoms with Crippen molar-refractivity contribution < 1.29 is 13.3 Å². The lowest BCUT2D eigenvalue weighted by Gasteiger charge is -2.00. The average Bonchev–Trinajstić information content (AvgIpc) is 2.23.